The van der Waals surface area contributed by atoms with Crippen LogP contribution in [0.1, 0.15) is 27.0 Å². The Morgan fingerprint density at radius 2 is 1.90 bits per heavy atom. The molecule has 2 heterocycles. The molecule has 1 aromatic carbocycles. The van der Waals surface area contributed by atoms with E-state index >= 15 is 0 Å². The summed E-state index contributed by atoms with van der Waals surface area (Å²) in [5.41, 5.74) is 1.17. The first-order chi connectivity index (χ1) is 9.61. The number of nitrogens with zero attached hydrogens (tertiary/aromatic N) is 1. The van der Waals surface area contributed by atoms with Crippen LogP contribution in [0.15, 0.2) is 34.8 Å². The molecule has 1 aliphatic rings. The Labute approximate surface area is 129 Å². The molecule has 5 heteroatoms. The molecule has 0 saturated heterocycles. The second kappa shape index (κ2) is 5.14. The van der Waals surface area contributed by atoms with Crippen molar-refractivity contribution >= 4 is 44.6 Å². The summed E-state index contributed by atoms with van der Waals surface area (Å²) in [6.07, 6.45) is 0.986. The quantitative estimate of drug-likeness (QED) is 0.790. The minimum absolute atomic E-state index is 0.431. The smallest absolute Gasteiger partial charge is 0.299 e. The van der Waals surface area contributed by atoms with Gasteiger partial charge in [0.05, 0.1) is 17.8 Å². The van der Waals surface area contributed by atoms with Crippen LogP contribution < -0.4 is 4.90 Å². The Morgan fingerprint density at radius 3 is 2.60 bits per heavy atom. The molecular weight excluding hydrogens is 338 g/mol. The van der Waals surface area contributed by atoms with Crippen molar-refractivity contribution in [1.82, 2.24) is 0 Å². The number of carbonyl (C=O) groups is 2. The van der Waals surface area contributed by atoms with Crippen LogP contribution in [0.25, 0.3) is 0 Å². The molecule has 0 radical (unpaired) electrons. The number of Topliss-reactive ketones (excluding diaryl/α,β-unsaturated/α-hetero) is 1. The van der Waals surface area contributed by atoms with Gasteiger partial charge in [-0.2, -0.15) is 0 Å². The number of amides is 1. The normalized spacial score (nSPS) is 14.0. The number of halogens is 1. The maximum atomic E-state index is 12.2. The predicted octanol–water partition coefficient (Wildman–Crippen LogP) is 3.80. The highest BCUT2D eigenvalue weighted by atomic mass is 79.9. The molecule has 0 atom stereocenters. The summed E-state index contributed by atoms with van der Waals surface area (Å²) in [5, 5.41) is 0. The molecule has 1 aromatic heterocycles. The lowest BCUT2D eigenvalue weighted by Gasteiger charge is -2.15. The Kier molecular flexibility index (Phi) is 3.48. The minimum atomic E-state index is -0.446. The minimum Gasteiger partial charge on any atom is -0.299 e. The van der Waals surface area contributed by atoms with E-state index in [1.54, 1.807) is 22.3 Å². The molecule has 2 aromatic rings. The number of benzene rings is 1. The van der Waals surface area contributed by atoms with Gasteiger partial charge in [-0.25, -0.2) is 0 Å². The fourth-order valence-electron chi connectivity index (χ4n) is 2.31. The summed E-state index contributed by atoms with van der Waals surface area (Å²) >= 11 is 5.03. The van der Waals surface area contributed by atoms with Gasteiger partial charge in [-0.1, -0.05) is 13.0 Å². The van der Waals surface area contributed by atoms with Crippen LogP contribution in [0.5, 0.6) is 0 Å². The van der Waals surface area contributed by atoms with E-state index < -0.39 is 11.7 Å². The first-order valence-corrected chi connectivity index (χ1v) is 7.95. The summed E-state index contributed by atoms with van der Waals surface area (Å²) in [6, 6.07) is 9.54. The van der Waals surface area contributed by atoms with E-state index in [1.165, 1.54) is 4.88 Å². The topological polar surface area (TPSA) is 37.4 Å². The van der Waals surface area contributed by atoms with Crippen molar-refractivity contribution in [1.29, 1.82) is 0 Å². The zero-order chi connectivity index (χ0) is 14.3. The van der Waals surface area contributed by atoms with Crippen LogP contribution in [0.4, 0.5) is 5.69 Å². The lowest BCUT2D eigenvalue weighted by molar-refractivity contribution is -0.114. The number of hydrogen-bond donors (Lipinski definition) is 0. The van der Waals surface area contributed by atoms with Crippen LogP contribution in [0.2, 0.25) is 0 Å². The number of carbonyl (C=O) groups excluding carboxylic acids is 2. The molecule has 3 rings (SSSR count). The molecule has 1 aliphatic heterocycles. The fraction of sp³-hybridized carbons (Fsp3) is 0.200. The van der Waals surface area contributed by atoms with E-state index in [-0.39, 0.29) is 0 Å². The highest BCUT2D eigenvalue weighted by molar-refractivity contribution is 9.10. The van der Waals surface area contributed by atoms with Crippen molar-refractivity contribution < 1.29 is 9.59 Å². The zero-order valence-electron chi connectivity index (χ0n) is 10.9. The van der Waals surface area contributed by atoms with Gasteiger partial charge >= 0.3 is 0 Å². The summed E-state index contributed by atoms with van der Waals surface area (Å²) < 4.78 is 0.677. The summed E-state index contributed by atoms with van der Waals surface area (Å²) in [4.78, 5) is 28.2. The predicted molar refractivity (Wildman–Crippen MR) is 83.4 cm³/mol. The SMILES string of the molecule is CCc1ccc(CN2C(=O)C(=O)c3c(Br)cccc32)s1. The fourth-order valence-corrected chi connectivity index (χ4v) is 3.79. The Bertz CT molecular complexity index is 708. The average molecular weight is 350 g/mol. The highest BCUT2D eigenvalue weighted by Crippen LogP contribution is 2.35. The molecule has 0 unspecified atom stereocenters. The van der Waals surface area contributed by atoms with E-state index in [4.69, 9.17) is 0 Å². The second-order valence-electron chi connectivity index (χ2n) is 4.58. The van der Waals surface area contributed by atoms with E-state index in [0.717, 1.165) is 11.3 Å². The maximum absolute atomic E-state index is 12.2. The summed E-state index contributed by atoms with van der Waals surface area (Å²) in [5.74, 6) is -0.877. The van der Waals surface area contributed by atoms with Gasteiger partial charge in [-0.15, -0.1) is 11.3 Å². The van der Waals surface area contributed by atoms with Crippen LogP contribution in [-0.4, -0.2) is 11.7 Å². The summed E-state index contributed by atoms with van der Waals surface area (Å²) in [7, 11) is 0. The van der Waals surface area contributed by atoms with Gasteiger partial charge in [-0.3, -0.25) is 14.5 Å². The largest absolute Gasteiger partial charge is 0.299 e. The van der Waals surface area contributed by atoms with Crippen molar-refractivity contribution in [2.75, 3.05) is 4.90 Å². The van der Waals surface area contributed by atoms with Gasteiger partial charge in [0.1, 0.15) is 0 Å². The molecular formula is C15H12BrNO2S. The molecule has 102 valence electrons. The number of rotatable bonds is 3. The maximum Gasteiger partial charge on any atom is 0.299 e. The first kappa shape index (κ1) is 13.5. The number of anilines is 1. The van der Waals surface area contributed by atoms with Gasteiger partial charge in [0.2, 0.25) is 0 Å². The van der Waals surface area contributed by atoms with Gasteiger partial charge in [-0.05, 0) is 46.6 Å². The molecule has 0 saturated carbocycles. The Hall–Kier alpha value is -1.46. The van der Waals surface area contributed by atoms with E-state index in [1.807, 2.05) is 18.2 Å². The zero-order valence-corrected chi connectivity index (χ0v) is 13.3. The number of aryl methyl sites for hydroxylation is 1. The van der Waals surface area contributed by atoms with Gasteiger partial charge < -0.3 is 0 Å². The molecule has 3 nitrogen and oxygen atoms in total. The number of thiophene rings is 1. The standard InChI is InChI=1S/C15H12BrNO2S/c1-2-9-6-7-10(20-9)8-17-12-5-3-4-11(16)13(12)14(18)15(17)19/h3-7H,2,8H2,1H3. The van der Waals surface area contributed by atoms with Crippen LogP contribution in [0.3, 0.4) is 0 Å². The molecule has 0 spiro atoms. The average Bonchev–Trinajstić information content (AvgIpc) is 2.99. The van der Waals surface area contributed by atoms with Crippen molar-refractivity contribution in [3.63, 3.8) is 0 Å². The third-order valence-electron chi connectivity index (χ3n) is 3.33. The van der Waals surface area contributed by atoms with Gasteiger partial charge in [0.15, 0.2) is 0 Å². The van der Waals surface area contributed by atoms with Crippen molar-refractivity contribution in [3.8, 4) is 0 Å². The Balaban J connectivity index is 1.97. The Morgan fingerprint density at radius 1 is 1.15 bits per heavy atom. The van der Waals surface area contributed by atoms with Crippen LogP contribution in [0, 0.1) is 0 Å². The van der Waals surface area contributed by atoms with E-state index in [9.17, 15) is 9.59 Å². The third kappa shape index (κ3) is 2.11. The number of ketones is 1. The molecule has 20 heavy (non-hydrogen) atoms. The molecule has 0 N–H and O–H groups in total. The monoisotopic (exact) mass is 349 g/mol. The van der Waals surface area contributed by atoms with E-state index in [0.29, 0.717) is 22.3 Å². The van der Waals surface area contributed by atoms with E-state index in [2.05, 4.69) is 28.9 Å². The lowest BCUT2D eigenvalue weighted by atomic mass is 10.1. The van der Waals surface area contributed by atoms with Crippen molar-refractivity contribution in [3.05, 3.63) is 50.1 Å². The van der Waals surface area contributed by atoms with Crippen molar-refractivity contribution in [2.45, 2.75) is 19.9 Å². The molecule has 0 aliphatic carbocycles. The van der Waals surface area contributed by atoms with Gasteiger partial charge in [0, 0.05) is 14.2 Å². The van der Waals surface area contributed by atoms with Gasteiger partial charge in [0.25, 0.3) is 11.7 Å². The molecule has 0 bridgehead atoms. The second-order valence-corrected chi connectivity index (χ2v) is 6.68. The number of fused-ring (bicyclic) bond motifs is 1. The molecule has 1 amide bonds. The number of hydrogen-bond acceptors (Lipinski definition) is 3. The third-order valence-corrected chi connectivity index (χ3v) is 5.20. The molecule has 0 fully saturated rings. The highest BCUT2D eigenvalue weighted by Gasteiger charge is 2.37. The van der Waals surface area contributed by atoms with Crippen molar-refractivity contribution in [2.24, 2.45) is 0 Å². The first-order valence-electron chi connectivity index (χ1n) is 6.34. The lowest BCUT2D eigenvalue weighted by Crippen LogP contribution is -2.28. The van der Waals surface area contributed by atoms with Crippen LogP contribution >= 0.6 is 27.3 Å². The summed E-state index contributed by atoms with van der Waals surface area (Å²) in [6.45, 7) is 2.56. The van der Waals surface area contributed by atoms with Crippen LogP contribution in [-0.2, 0) is 17.8 Å².